The molecular formula is C15H18FNO4S. The van der Waals surface area contributed by atoms with Crippen LogP contribution in [-0.2, 0) is 14.3 Å². The molecule has 0 aliphatic carbocycles. The third-order valence-electron chi connectivity index (χ3n) is 3.29. The van der Waals surface area contributed by atoms with Gasteiger partial charge in [-0.25, -0.2) is 9.18 Å². The topological polar surface area (TPSA) is 75.6 Å². The first-order valence-electron chi connectivity index (χ1n) is 7.10. The van der Waals surface area contributed by atoms with Gasteiger partial charge in [0.2, 0.25) is 5.91 Å². The van der Waals surface area contributed by atoms with Gasteiger partial charge in [0, 0.05) is 11.4 Å². The molecule has 0 radical (unpaired) electrons. The minimum absolute atomic E-state index is 0.254. The Bertz CT molecular complexity index is 523. The van der Waals surface area contributed by atoms with Gasteiger partial charge in [-0.15, -0.1) is 11.8 Å². The van der Waals surface area contributed by atoms with Gasteiger partial charge in [0.1, 0.15) is 11.9 Å². The predicted octanol–water partition coefficient (Wildman–Crippen LogP) is 2.06. The van der Waals surface area contributed by atoms with Crippen molar-refractivity contribution in [2.24, 2.45) is 0 Å². The number of carboxylic acid groups (broad SMARTS) is 1. The minimum Gasteiger partial charge on any atom is -0.479 e. The molecule has 1 aromatic carbocycles. The first-order valence-corrected chi connectivity index (χ1v) is 8.09. The Morgan fingerprint density at radius 3 is 2.59 bits per heavy atom. The number of hydrogen-bond donors (Lipinski definition) is 2. The fraction of sp³-hybridized carbons (Fsp3) is 0.467. The number of hydrogen-bond acceptors (Lipinski definition) is 4. The van der Waals surface area contributed by atoms with Crippen molar-refractivity contribution >= 4 is 23.6 Å². The highest BCUT2D eigenvalue weighted by Crippen LogP contribution is 2.20. The van der Waals surface area contributed by atoms with E-state index in [2.05, 4.69) is 5.32 Å². The molecule has 2 atom stereocenters. The predicted molar refractivity (Wildman–Crippen MR) is 80.3 cm³/mol. The lowest BCUT2D eigenvalue weighted by Gasteiger charge is -2.11. The van der Waals surface area contributed by atoms with Gasteiger partial charge < -0.3 is 15.2 Å². The summed E-state index contributed by atoms with van der Waals surface area (Å²) in [5.41, 5.74) is 0. The molecule has 0 aromatic heterocycles. The molecule has 120 valence electrons. The highest BCUT2D eigenvalue weighted by atomic mass is 32.2. The molecule has 1 heterocycles. The van der Waals surface area contributed by atoms with Gasteiger partial charge in [-0.3, -0.25) is 4.79 Å². The zero-order valence-corrected chi connectivity index (χ0v) is 12.8. The maximum Gasteiger partial charge on any atom is 0.332 e. The number of ether oxygens (including phenoxy) is 1. The average molecular weight is 327 g/mol. The number of halogens is 1. The van der Waals surface area contributed by atoms with Crippen molar-refractivity contribution in [2.75, 3.05) is 12.3 Å². The summed E-state index contributed by atoms with van der Waals surface area (Å²) in [7, 11) is 0. The van der Waals surface area contributed by atoms with Crippen LogP contribution in [0.4, 0.5) is 4.39 Å². The maximum atomic E-state index is 12.7. The molecule has 1 aliphatic rings. The van der Waals surface area contributed by atoms with Crippen LogP contribution in [-0.4, -0.2) is 41.5 Å². The molecule has 0 saturated carbocycles. The van der Waals surface area contributed by atoms with Crippen molar-refractivity contribution < 1.29 is 23.8 Å². The second kappa shape index (κ2) is 8.14. The fourth-order valence-electron chi connectivity index (χ4n) is 2.13. The molecule has 1 aliphatic heterocycles. The summed E-state index contributed by atoms with van der Waals surface area (Å²) in [6, 6.07) is 6.27. The lowest BCUT2D eigenvalue weighted by atomic mass is 10.2. The van der Waals surface area contributed by atoms with Crippen LogP contribution in [0.2, 0.25) is 0 Å². The van der Waals surface area contributed by atoms with Gasteiger partial charge in [-0.1, -0.05) is 0 Å². The van der Waals surface area contributed by atoms with Gasteiger partial charge in [0.05, 0.1) is 0 Å². The lowest BCUT2D eigenvalue weighted by Crippen LogP contribution is -2.36. The van der Waals surface area contributed by atoms with Crippen molar-refractivity contribution in [1.29, 1.82) is 0 Å². The van der Waals surface area contributed by atoms with Crippen molar-refractivity contribution in [3.05, 3.63) is 30.1 Å². The van der Waals surface area contributed by atoms with Crippen LogP contribution in [0.15, 0.2) is 29.2 Å². The van der Waals surface area contributed by atoms with Crippen LogP contribution in [0, 0.1) is 5.82 Å². The van der Waals surface area contributed by atoms with E-state index in [1.54, 1.807) is 23.9 Å². The second-order valence-corrected chi connectivity index (χ2v) is 6.14. The fourth-order valence-corrected chi connectivity index (χ4v) is 2.98. The monoisotopic (exact) mass is 327 g/mol. The van der Waals surface area contributed by atoms with E-state index in [-0.39, 0.29) is 11.7 Å². The van der Waals surface area contributed by atoms with Crippen LogP contribution in [0.1, 0.15) is 19.3 Å². The second-order valence-electron chi connectivity index (χ2n) is 4.98. The van der Waals surface area contributed by atoms with E-state index < -0.39 is 18.2 Å². The van der Waals surface area contributed by atoms with Crippen LogP contribution >= 0.6 is 11.8 Å². The SMILES string of the molecule is O=C(NCCCSc1ccc(F)cc1)[C@@H]1CC[C@H](C(=O)O)O1. The molecule has 0 bridgehead atoms. The Labute approximate surface area is 132 Å². The molecule has 22 heavy (non-hydrogen) atoms. The molecule has 7 heteroatoms. The molecule has 1 aromatic rings. The molecule has 1 amide bonds. The zero-order valence-electron chi connectivity index (χ0n) is 12.0. The number of nitrogens with one attached hydrogen (secondary N) is 1. The van der Waals surface area contributed by atoms with Crippen LogP contribution in [0.25, 0.3) is 0 Å². The standard InChI is InChI=1S/C15H18FNO4S/c16-10-2-4-11(5-3-10)22-9-1-8-17-14(18)12-6-7-13(21-12)15(19)20/h2-5,12-13H,1,6-9H2,(H,17,18)(H,19,20)/t12-,13+/m0/s1. The number of carbonyl (C=O) groups excluding carboxylic acids is 1. The first-order chi connectivity index (χ1) is 10.6. The minimum atomic E-state index is -1.02. The van der Waals surface area contributed by atoms with Crippen molar-refractivity contribution in [2.45, 2.75) is 36.4 Å². The number of benzene rings is 1. The molecule has 0 unspecified atom stereocenters. The number of carbonyl (C=O) groups is 2. The summed E-state index contributed by atoms with van der Waals surface area (Å²) in [5, 5.41) is 11.6. The normalized spacial score (nSPS) is 20.8. The van der Waals surface area contributed by atoms with Crippen molar-refractivity contribution in [1.82, 2.24) is 5.32 Å². The Balaban J connectivity index is 1.59. The van der Waals surface area contributed by atoms with Crippen LogP contribution in [0.5, 0.6) is 0 Å². The van der Waals surface area contributed by atoms with E-state index in [1.807, 2.05) is 0 Å². The number of rotatable bonds is 7. The van der Waals surface area contributed by atoms with Crippen molar-refractivity contribution in [3.63, 3.8) is 0 Å². The smallest absolute Gasteiger partial charge is 0.332 e. The number of amides is 1. The highest BCUT2D eigenvalue weighted by Gasteiger charge is 2.34. The quantitative estimate of drug-likeness (QED) is 0.592. The van der Waals surface area contributed by atoms with E-state index in [0.29, 0.717) is 19.4 Å². The average Bonchev–Trinajstić information content (AvgIpc) is 2.99. The Morgan fingerprint density at radius 2 is 1.95 bits per heavy atom. The first kappa shape index (κ1) is 16.8. The Hall–Kier alpha value is -1.60. The Morgan fingerprint density at radius 1 is 1.27 bits per heavy atom. The molecular weight excluding hydrogens is 309 g/mol. The third kappa shape index (κ3) is 4.99. The van der Waals surface area contributed by atoms with Crippen LogP contribution < -0.4 is 5.32 Å². The van der Waals surface area contributed by atoms with Gasteiger partial charge in [0.25, 0.3) is 0 Å². The largest absolute Gasteiger partial charge is 0.479 e. The van der Waals surface area contributed by atoms with E-state index in [0.717, 1.165) is 17.1 Å². The lowest BCUT2D eigenvalue weighted by molar-refractivity contribution is -0.151. The molecule has 2 N–H and O–H groups in total. The number of carboxylic acids is 1. The van der Waals surface area contributed by atoms with Gasteiger partial charge in [-0.05, 0) is 49.3 Å². The summed E-state index contributed by atoms with van der Waals surface area (Å²) in [6.07, 6.45) is 0.0414. The van der Waals surface area contributed by atoms with Gasteiger partial charge in [-0.2, -0.15) is 0 Å². The number of aliphatic carboxylic acids is 1. The molecule has 2 rings (SSSR count). The van der Waals surface area contributed by atoms with Gasteiger partial charge >= 0.3 is 5.97 Å². The Kier molecular flexibility index (Phi) is 6.21. The molecule has 1 fully saturated rings. The summed E-state index contributed by atoms with van der Waals surface area (Å²) < 4.78 is 17.9. The summed E-state index contributed by atoms with van der Waals surface area (Å²) in [5.74, 6) is -0.732. The summed E-state index contributed by atoms with van der Waals surface area (Å²) in [4.78, 5) is 23.5. The van der Waals surface area contributed by atoms with E-state index in [9.17, 15) is 14.0 Å². The summed E-state index contributed by atoms with van der Waals surface area (Å²) in [6.45, 7) is 0.505. The molecule has 1 saturated heterocycles. The summed E-state index contributed by atoms with van der Waals surface area (Å²) >= 11 is 1.59. The highest BCUT2D eigenvalue weighted by molar-refractivity contribution is 7.99. The van der Waals surface area contributed by atoms with Gasteiger partial charge in [0.15, 0.2) is 6.10 Å². The third-order valence-corrected chi connectivity index (χ3v) is 4.39. The van der Waals surface area contributed by atoms with Crippen molar-refractivity contribution in [3.8, 4) is 0 Å². The van der Waals surface area contributed by atoms with E-state index >= 15 is 0 Å². The molecule has 5 nitrogen and oxygen atoms in total. The zero-order chi connectivity index (χ0) is 15.9. The van der Waals surface area contributed by atoms with E-state index in [4.69, 9.17) is 9.84 Å². The number of thioether (sulfide) groups is 1. The van der Waals surface area contributed by atoms with Crippen LogP contribution in [0.3, 0.4) is 0 Å². The molecule has 0 spiro atoms. The van der Waals surface area contributed by atoms with E-state index in [1.165, 1.54) is 12.1 Å². The maximum absolute atomic E-state index is 12.7.